The Labute approximate surface area is 157 Å². The van der Waals surface area contributed by atoms with Crippen LogP contribution in [0.1, 0.15) is 18.4 Å². The standard InChI is InChI=1S/C20H30N4O2/c1-6-17-9-11-18(12-10-17)21-19(25)20(26)24(15-7-13-22(2)3)16-8-14-23(4)5/h1,9-12H,7-8,13-16H2,2-5H3,(H,21,25). The number of hydrogen-bond acceptors (Lipinski definition) is 4. The quantitative estimate of drug-likeness (QED) is 0.535. The lowest BCUT2D eigenvalue weighted by atomic mass is 10.2. The highest BCUT2D eigenvalue weighted by molar-refractivity contribution is 6.39. The molecule has 0 heterocycles. The molecule has 26 heavy (non-hydrogen) atoms. The smallest absolute Gasteiger partial charge is 0.313 e. The number of anilines is 1. The van der Waals surface area contributed by atoms with Gasteiger partial charge in [0.2, 0.25) is 0 Å². The molecule has 1 N–H and O–H groups in total. The molecule has 6 heteroatoms. The molecule has 2 amide bonds. The second-order valence-corrected chi connectivity index (χ2v) is 6.78. The van der Waals surface area contributed by atoms with Crippen molar-refractivity contribution in [2.45, 2.75) is 12.8 Å². The van der Waals surface area contributed by atoms with E-state index in [9.17, 15) is 9.59 Å². The van der Waals surface area contributed by atoms with Gasteiger partial charge < -0.3 is 20.0 Å². The van der Waals surface area contributed by atoms with Gasteiger partial charge in [-0.25, -0.2) is 0 Å². The molecule has 6 nitrogen and oxygen atoms in total. The Bertz CT molecular complexity index is 604. The van der Waals surface area contributed by atoms with Gasteiger partial charge >= 0.3 is 11.8 Å². The molecule has 1 rings (SSSR count). The summed E-state index contributed by atoms with van der Waals surface area (Å²) in [6, 6.07) is 6.85. The van der Waals surface area contributed by atoms with Crippen LogP contribution in [0.4, 0.5) is 5.69 Å². The monoisotopic (exact) mass is 358 g/mol. The molecule has 0 unspecified atom stereocenters. The fourth-order valence-electron chi connectivity index (χ4n) is 2.45. The number of rotatable bonds is 9. The molecule has 1 aromatic rings. The zero-order chi connectivity index (χ0) is 19.5. The van der Waals surface area contributed by atoms with E-state index in [-0.39, 0.29) is 0 Å². The normalized spacial score (nSPS) is 10.7. The van der Waals surface area contributed by atoms with Gasteiger partial charge in [0, 0.05) is 24.3 Å². The summed E-state index contributed by atoms with van der Waals surface area (Å²) in [4.78, 5) is 30.7. The van der Waals surface area contributed by atoms with Gasteiger partial charge in [0.05, 0.1) is 0 Å². The number of carbonyl (C=O) groups excluding carboxylic acids is 2. The average Bonchev–Trinajstić information content (AvgIpc) is 2.59. The zero-order valence-corrected chi connectivity index (χ0v) is 16.3. The lowest BCUT2D eigenvalue weighted by Crippen LogP contribution is -2.42. The summed E-state index contributed by atoms with van der Waals surface area (Å²) in [6.07, 6.45) is 6.97. The molecular formula is C20H30N4O2. The van der Waals surface area contributed by atoms with E-state index in [2.05, 4.69) is 21.0 Å². The molecular weight excluding hydrogens is 328 g/mol. The van der Waals surface area contributed by atoms with Crippen molar-refractivity contribution in [2.24, 2.45) is 0 Å². The summed E-state index contributed by atoms with van der Waals surface area (Å²) in [5.74, 6) is 1.40. The highest BCUT2D eigenvalue weighted by Crippen LogP contribution is 2.09. The highest BCUT2D eigenvalue weighted by Gasteiger charge is 2.21. The molecule has 0 saturated carbocycles. The number of nitrogens with zero attached hydrogens (tertiary/aromatic N) is 3. The topological polar surface area (TPSA) is 55.9 Å². The van der Waals surface area contributed by atoms with Crippen molar-refractivity contribution in [3.05, 3.63) is 29.8 Å². The SMILES string of the molecule is C#Cc1ccc(NC(=O)C(=O)N(CCCN(C)C)CCCN(C)C)cc1. The van der Waals surface area contributed by atoms with Gasteiger partial charge in [-0.15, -0.1) is 6.42 Å². The van der Waals surface area contributed by atoms with Crippen molar-refractivity contribution < 1.29 is 9.59 Å². The predicted molar refractivity (Wildman–Crippen MR) is 106 cm³/mol. The number of hydrogen-bond donors (Lipinski definition) is 1. The molecule has 0 radical (unpaired) electrons. The fraction of sp³-hybridized carbons (Fsp3) is 0.500. The molecule has 0 aliphatic carbocycles. The summed E-state index contributed by atoms with van der Waals surface area (Å²) in [7, 11) is 7.96. The molecule has 0 atom stereocenters. The number of carbonyl (C=O) groups is 2. The van der Waals surface area contributed by atoms with Gasteiger partial charge in [-0.3, -0.25) is 9.59 Å². The van der Waals surface area contributed by atoms with Gasteiger partial charge in [0.15, 0.2) is 0 Å². The van der Waals surface area contributed by atoms with Crippen LogP contribution in [0, 0.1) is 12.3 Å². The first-order valence-corrected chi connectivity index (χ1v) is 8.80. The van der Waals surface area contributed by atoms with Gasteiger partial charge in [0.1, 0.15) is 0 Å². The fourth-order valence-corrected chi connectivity index (χ4v) is 2.45. The summed E-state index contributed by atoms with van der Waals surface area (Å²) in [5.41, 5.74) is 1.28. The van der Waals surface area contributed by atoms with E-state index in [0.29, 0.717) is 18.8 Å². The molecule has 1 aromatic carbocycles. The van der Waals surface area contributed by atoms with Crippen LogP contribution >= 0.6 is 0 Å². The number of amides is 2. The van der Waals surface area contributed by atoms with Crippen LogP contribution < -0.4 is 5.32 Å². The van der Waals surface area contributed by atoms with Crippen molar-refractivity contribution in [3.8, 4) is 12.3 Å². The van der Waals surface area contributed by atoms with E-state index in [4.69, 9.17) is 6.42 Å². The van der Waals surface area contributed by atoms with E-state index in [1.807, 2.05) is 28.2 Å². The molecule has 0 saturated heterocycles. The van der Waals surface area contributed by atoms with E-state index in [1.54, 1.807) is 29.2 Å². The minimum absolute atomic E-state index is 0.497. The molecule has 0 aliphatic rings. The number of terminal acetylenes is 1. The maximum absolute atomic E-state index is 12.6. The molecule has 0 aliphatic heterocycles. The van der Waals surface area contributed by atoms with Crippen LogP contribution in [-0.2, 0) is 9.59 Å². The van der Waals surface area contributed by atoms with Gasteiger partial charge in [0.25, 0.3) is 0 Å². The summed E-state index contributed by atoms with van der Waals surface area (Å²) < 4.78 is 0. The predicted octanol–water partition coefficient (Wildman–Crippen LogP) is 1.34. The zero-order valence-electron chi connectivity index (χ0n) is 16.3. The van der Waals surface area contributed by atoms with Crippen LogP contribution in [-0.4, -0.2) is 80.9 Å². The molecule has 0 aromatic heterocycles. The van der Waals surface area contributed by atoms with Gasteiger partial charge in [-0.2, -0.15) is 0 Å². The molecule has 0 bridgehead atoms. The van der Waals surface area contributed by atoms with E-state index in [0.717, 1.165) is 31.5 Å². The van der Waals surface area contributed by atoms with Gasteiger partial charge in [-0.05, 0) is 78.4 Å². The summed E-state index contributed by atoms with van der Waals surface area (Å²) >= 11 is 0. The summed E-state index contributed by atoms with van der Waals surface area (Å²) in [5, 5.41) is 2.65. The van der Waals surface area contributed by atoms with Crippen LogP contribution in [0.25, 0.3) is 0 Å². The van der Waals surface area contributed by atoms with Gasteiger partial charge in [-0.1, -0.05) is 5.92 Å². The average molecular weight is 358 g/mol. The molecule has 142 valence electrons. The maximum Gasteiger partial charge on any atom is 0.313 e. The van der Waals surface area contributed by atoms with E-state index < -0.39 is 11.8 Å². The third-order valence-corrected chi connectivity index (χ3v) is 3.86. The first kappa shape index (κ1) is 21.7. The minimum atomic E-state index is -0.617. The summed E-state index contributed by atoms with van der Waals surface area (Å²) in [6.45, 7) is 2.86. The van der Waals surface area contributed by atoms with Crippen LogP contribution in [0.15, 0.2) is 24.3 Å². The number of benzene rings is 1. The van der Waals surface area contributed by atoms with Crippen molar-refractivity contribution in [1.29, 1.82) is 0 Å². The third kappa shape index (κ3) is 8.15. The van der Waals surface area contributed by atoms with Crippen molar-refractivity contribution in [2.75, 3.05) is 59.7 Å². The third-order valence-electron chi connectivity index (χ3n) is 3.86. The van der Waals surface area contributed by atoms with E-state index >= 15 is 0 Å². The first-order chi connectivity index (χ1) is 12.3. The van der Waals surface area contributed by atoms with Crippen LogP contribution in [0.2, 0.25) is 0 Å². The maximum atomic E-state index is 12.6. The Morgan fingerprint density at radius 3 is 1.85 bits per heavy atom. The first-order valence-electron chi connectivity index (χ1n) is 8.80. The molecule has 0 fully saturated rings. The second kappa shape index (κ2) is 11.3. The van der Waals surface area contributed by atoms with Crippen LogP contribution in [0.3, 0.4) is 0 Å². The number of nitrogens with one attached hydrogen (secondary N) is 1. The Kier molecular flexibility index (Phi) is 9.42. The lowest BCUT2D eigenvalue weighted by molar-refractivity contribution is -0.143. The van der Waals surface area contributed by atoms with Crippen molar-refractivity contribution in [1.82, 2.24) is 14.7 Å². The minimum Gasteiger partial charge on any atom is -0.334 e. The largest absolute Gasteiger partial charge is 0.334 e. The lowest BCUT2D eigenvalue weighted by Gasteiger charge is -2.23. The molecule has 0 spiro atoms. The Morgan fingerprint density at radius 2 is 1.42 bits per heavy atom. The van der Waals surface area contributed by atoms with E-state index in [1.165, 1.54) is 0 Å². The van der Waals surface area contributed by atoms with Crippen molar-refractivity contribution in [3.63, 3.8) is 0 Å². The Morgan fingerprint density at radius 1 is 0.923 bits per heavy atom. The Hall–Kier alpha value is -2.36. The second-order valence-electron chi connectivity index (χ2n) is 6.78. The Balaban J connectivity index is 2.67. The van der Waals surface area contributed by atoms with Crippen LogP contribution in [0.5, 0.6) is 0 Å². The van der Waals surface area contributed by atoms with Crippen molar-refractivity contribution >= 4 is 17.5 Å². The highest BCUT2D eigenvalue weighted by atomic mass is 16.2.